The quantitative estimate of drug-likeness (QED) is 0.0231. The first-order chi connectivity index (χ1) is 46.6. The highest BCUT2D eigenvalue weighted by molar-refractivity contribution is 5.94. The lowest BCUT2D eigenvalue weighted by atomic mass is 10.00. The predicted molar refractivity (Wildman–Crippen MR) is 347 cm³/mol. The zero-order valence-electron chi connectivity index (χ0n) is 55.1. The van der Waals surface area contributed by atoms with Gasteiger partial charge in [0.05, 0.1) is 19.6 Å². The van der Waals surface area contributed by atoms with Crippen molar-refractivity contribution in [3.63, 3.8) is 0 Å². The predicted octanol–water partition coefficient (Wildman–Crippen LogP) is -0.236. The lowest BCUT2D eigenvalue weighted by Gasteiger charge is -2.35. The van der Waals surface area contributed by atoms with Crippen LogP contribution in [0.2, 0.25) is 0 Å². The molecule has 0 saturated carbocycles. The van der Waals surface area contributed by atoms with Gasteiger partial charge >= 0.3 is 47.8 Å². The van der Waals surface area contributed by atoms with Crippen LogP contribution in [0.15, 0.2) is 48.5 Å². The Morgan fingerprint density at radius 3 is 1.42 bits per heavy atom. The number of aliphatic carboxylic acids is 7. The van der Waals surface area contributed by atoms with Gasteiger partial charge in [0.1, 0.15) is 36.0 Å². The molecule has 98 heavy (non-hydrogen) atoms. The highest BCUT2D eigenvalue weighted by atomic mass is 16.5. The summed E-state index contributed by atoms with van der Waals surface area (Å²) in [6.45, 7) is 1.13. The number of nitrogens with one attached hydrogen (secondary N) is 7. The van der Waals surface area contributed by atoms with E-state index in [-0.39, 0.29) is 154 Å². The SMILES string of the molecule is Cc1cc(C[C@@H](NC(=O)CCC(C(=O)O)N2CCN(CC(=O)O)CCN(CC(=O)O)CCN(CC(=O)O)CC2)C(=O)N[C@H](Cc2ccccc2)C(=O)N[C@H](CCCCNC(=O)CCCCCCC(=O)NCCCC[C@H](NC(=O)N[C@@H](CCC(=O)O)C(=O)O)OC=O)C(=O)O)ccc1O. The van der Waals surface area contributed by atoms with E-state index in [2.05, 4.69) is 37.2 Å². The van der Waals surface area contributed by atoms with Crippen molar-refractivity contribution in [2.75, 3.05) is 85.1 Å². The van der Waals surface area contributed by atoms with Crippen LogP contribution in [0.5, 0.6) is 5.75 Å². The summed E-state index contributed by atoms with van der Waals surface area (Å²) in [5, 5.41) is 96.0. The zero-order valence-corrected chi connectivity index (χ0v) is 55.1. The second kappa shape index (κ2) is 45.8. The molecule has 2 aromatic carbocycles. The Hall–Kier alpha value is -9.54. The molecule has 0 aliphatic carbocycles. The third-order valence-corrected chi connectivity index (χ3v) is 16.0. The molecule has 0 bridgehead atoms. The zero-order chi connectivity index (χ0) is 72.5. The largest absolute Gasteiger partial charge is 0.508 e. The fourth-order valence-corrected chi connectivity index (χ4v) is 10.7. The minimum atomic E-state index is -1.48. The highest BCUT2D eigenvalue weighted by Gasteiger charge is 2.33. The third kappa shape index (κ3) is 35.5. The molecule has 1 aliphatic heterocycles. The lowest BCUT2D eigenvalue weighted by Crippen LogP contribution is -2.57. The van der Waals surface area contributed by atoms with Crippen molar-refractivity contribution in [1.29, 1.82) is 0 Å². The molecule has 2 aromatic rings. The molecule has 1 unspecified atom stereocenters. The van der Waals surface area contributed by atoms with Gasteiger partial charge in [-0.3, -0.25) is 72.3 Å². The van der Waals surface area contributed by atoms with Crippen LogP contribution >= 0.6 is 0 Å². The number of aryl methyl sites for hydroxylation is 1. The summed E-state index contributed by atoms with van der Waals surface area (Å²) < 4.78 is 4.85. The van der Waals surface area contributed by atoms with Crippen LogP contribution < -0.4 is 37.2 Å². The van der Waals surface area contributed by atoms with E-state index in [1.165, 1.54) is 26.8 Å². The monoisotopic (exact) mass is 1390 g/mol. The van der Waals surface area contributed by atoms with Gasteiger partial charge in [-0.05, 0) is 87.5 Å². The average Bonchev–Trinajstić information content (AvgIpc) is 0.863. The minimum Gasteiger partial charge on any atom is -0.508 e. The molecule has 34 nitrogen and oxygen atoms in total. The topological polar surface area (TPSA) is 507 Å². The van der Waals surface area contributed by atoms with E-state index in [9.17, 15) is 103 Å². The van der Waals surface area contributed by atoms with Gasteiger partial charge < -0.3 is 82.8 Å². The number of carboxylic acid groups (broad SMARTS) is 7. The molecule has 1 saturated heterocycles. The number of phenols is 1. The lowest BCUT2D eigenvalue weighted by molar-refractivity contribution is -0.145. The van der Waals surface area contributed by atoms with Gasteiger partial charge in [-0.25, -0.2) is 14.4 Å². The van der Waals surface area contributed by atoms with Gasteiger partial charge in [-0.1, -0.05) is 55.3 Å². The van der Waals surface area contributed by atoms with Crippen LogP contribution in [0.1, 0.15) is 119 Å². The second-order valence-electron chi connectivity index (χ2n) is 23.8. The number of hydrogen-bond donors (Lipinski definition) is 15. The van der Waals surface area contributed by atoms with E-state index in [0.717, 1.165) is 0 Å². The van der Waals surface area contributed by atoms with Gasteiger partial charge in [-0.2, -0.15) is 0 Å². The number of carbonyl (C=O) groups is 14. The first-order valence-corrected chi connectivity index (χ1v) is 32.5. The van der Waals surface area contributed by atoms with Crippen LogP contribution in [0.25, 0.3) is 0 Å². The van der Waals surface area contributed by atoms with E-state index < -0.39 is 128 Å². The number of benzene rings is 2. The summed E-state index contributed by atoms with van der Waals surface area (Å²) in [7, 11) is 0. The van der Waals surface area contributed by atoms with Crippen molar-refractivity contribution in [2.45, 2.75) is 159 Å². The van der Waals surface area contributed by atoms with Gasteiger partial charge in [0.2, 0.25) is 29.5 Å². The number of amides is 7. The number of aromatic hydroxyl groups is 1. The smallest absolute Gasteiger partial charge is 0.326 e. The molecule has 3 rings (SSSR count). The minimum absolute atomic E-state index is 0.00278. The number of carboxylic acids is 7. The number of hydrogen-bond acceptors (Lipinski definition) is 20. The summed E-state index contributed by atoms with van der Waals surface area (Å²) in [5.41, 5.74) is 1.48. The average molecular weight is 1390 g/mol. The number of urea groups is 1. The van der Waals surface area contributed by atoms with Crippen LogP contribution in [-0.2, 0) is 79.9 Å². The fourth-order valence-electron chi connectivity index (χ4n) is 10.7. The molecule has 1 fully saturated rings. The summed E-state index contributed by atoms with van der Waals surface area (Å²) >= 11 is 0. The Balaban J connectivity index is 1.57. The Kier molecular flexibility index (Phi) is 38.7. The molecular formula is C64H95N11O23. The van der Waals surface area contributed by atoms with Crippen LogP contribution in [0, 0.1) is 6.92 Å². The van der Waals surface area contributed by atoms with Gasteiger partial charge in [0, 0.05) is 110 Å². The summed E-state index contributed by atoms with van der Waals surface area (Å²) in [5.74, 6) is -12.0. The Bertz CT molecular complexity index is 2930. The number of nitrogens with zero attached hydrogens (tertiary/aromatic N) is 4. The number of phenolic OH excluding ortho intramolecular Hbond substituents is 1. The molecule has 0 aromatic heterocycles. The molecule has 0 spiro atoms. The summed E-state index contributed by atoms with van der Waals surface area (Å²) in [6, 6.07) is 4.83. The van der Waals surface area contributed by atoms with E-state index in [0.29, 0.717) is 61.6 Å². The maximum Gasteiger partial charge on any atom is 0.326 e. The Morgan fingerprint density at radius 1 is 0.459 bits per heavy atom. The van der Waals surface area contributed by atoms with E-state index >= 15 is 0 Å². The number of carbonyl (C=O) groups excluding carboxylic acids is 7. The summed E-state index contributed by atoms with van der Waals surface area (Å²) in [4.78, 5) is 180. The van der Waals surface area contributed by atoms with Crippen molar-refractivity contribution in [3.05, 3.63) is 65.2 Å². The van der Waals surface area contributed by atoms with Crippen molar-refractivity contribution < 1.29 is 113 Å². The van der Waals surface area contributed by atoms with Crippen molar-refractivity contribution in [1.82, 2.24) is 56.8 Å². The normalized spacial score (nSPS) is 15.3. The maximum absolute atomic E-state index is 14.5. The molecule has 34 heteroatoms. The van der Waals surface area contributed by atoms with E-state index in [4.69, 9.17) is 9.84 Å². The third-order valence-electron chi connectivity index (χ3n) is 16.0. The van der Waals surface area contributed by atoms with Crippen LogP contribution in [-0.4, -0.2) is 266 Å². The fraction of sp³-hybridized carbons (Fsp3) is 0.594. The molecule has 7 amide bonds. The van der Waals surface area contributed by atoms with Gasteiger partial charge in [0.15, 0.2) is 6.23 Å². The van der Waals surface area contributed by atoms with E-state index in [1.807, 2.05) is 0 Å². The van der Waals surface area contributed by atoms with E-state index in [1.54, 1.807) is 48.2 Å². The molecule has 15 N–H and O–H groups in total. The molecule has 6 atom stereocenters. The first kappa shape index (κ1) is 82.7. The van der Waals surface area contributed by atoms with Crippen molar-refractivity contribution in [2.24, 2.45) is 0 Å². The molecular weight excluding hydrogens is 1290 g/mol. The first-order valence-electron chi connectivity index (χ1n) is 32.5. The molecule has 1 heterocycles. The second-order valence-corrected chi connectivity index (χ2v) is 23.8. The Labute approximate surface area is 566 Å². The standard InChI is InChI=1S/C64H95N11O23/c1-42-35-44(19-22-50(42)77)37-47(67-53(80)23-21-49(63(95)96)75-33-31-73(39-57(85)86)29-27-72(38-56(83)84)28-30-74(32-34-75)40-58(87)88)59(89)69-48(36-43-13-5-4-6-14-43)60(90)68-45(61(91)92)15-9-11-25-65-51(78)16-7-2-3-8-17-52(79)66-26-12-10-18-54(98-41-76)71-64(97)70-46(62(93)94)20-24-55(81)82/h4-6,13-14,19,22,35,41,45-49,54,77H,2-3,7-12,15-18,20-21,23-34,36-40H2,1H3,(H,65,78)(H,66,79)(H,67,80)(H,68,90)(H,69,89)(H,81,82)(H,83,84)(H,85,86)(H,87,88)(H,91,92)(H,93,94)(H,95,96)(H2,70,71,97)/t45-,46+,47-,48-,49?,54-/m1/s1. The maximum atomic E-state index is 14.5. The number of ether oxygens (including phenoxy) is 1. The summed E-state index contributed by atoms with van der Waals surface area (Å²) in [6.07, 6.45) is 1.21. The van der Waals surface area contributed by atoms with Gasteiger partial charge in [-0.15, -0.1) is 0 Å². The van der Waals surface area contributed by atoms with Crippen molar-refractivity contribution in [3.8, 4) is 5.75 Å². The Morgan fingerprint density at radius 2 is 0.939 bits per heavy atom. The number of rotatable bonds is 46. The number of unbranched alkanes of at least 4 members (excludes halogenated alkanes) is 5. The van der Waals surface area contributed by atoms with Crippen LogP contribution in [0.4, 0.5) is 4.79 Å². The molecule has 0 radical (unpaired) electrons. The molecule has 544 valence electrons. The van der Waals surface area contributed by atoms with Gasteiger partial charge in [0.25, 0.3) is 6.47 Å². The highest BCUT2D eigenvalue weighted by Crippen LogP contribution is 2.19. The molecule has 1 aliphatic rings. The van der Waals surface area contributed by atoms with Crippen LogP contribution in [0.3, 0.4) is 0 Å². The van der Waals surface area contributed by atoms with Crippen molar-refractivity contribution >= 4 is 83.8 Å².